The molecule has 8 nitrogen and oxygen atoms in total. The molecule has 0 spiro atoms. The van der Waals surface area contributed by atoms with Gasteiger partial charge in [-0.25, -0.2) is 0 Å². The van der Waals surface area contributed by atoms with Crippen molar-refractivity contribution >= 4 is 23.8 Å². The minimum absolute atomic E-state index is 0.0417. The number of nitrogens with zero attached hydrogens (tertiary/aromatic N) is 3. The van der Waals surface area contributed by atoms with Gasteiger partial charge >= 0.3 is 5.97 Å². The van der Waals surface area contributed by atoms with Gasteiger partial charge in [-0.2, -0.15) is 15.0 Å². The van der Waals surface area contributed by atoms with E-state index in [0.717, 1.165) is 0 Å². The minimum atomic E-state index is -0.211. The first-order valence-electron chi connectivity index (χ1n) is 4.11. The van der Waals surface area contributed by atoms with Crippen LogP contribution in [0.4, 0.5) is 17.8 Å². The van der Waals surface area contributed by atoms with Crippen LogP contribution in [-0.2, 0) is 9.53 Å². The molecule has 1 heterocycles. The second kappa shape index (κ2) is 6.35. The van der Waals surface area contributed by atoms with Gasteiger partial charge in [0.25, 0.3) is 0 Å². The summed E-state index contributed by atoms with van der Waals surface area (Å²) in [6.45, 7) is 3.65. The molecule has 0 bridgehead atoms. The minimum Gasteiger partial charge on any atom is -0.466 e. The van der Waals surface area contributed by atoms with E-state index in [4.69, 9.17) is 17.2 Å². The molecule has 1 rings (SSSR count). The molecule has 0 aromatic carbocycles. The predicted octanol–water partition coefficient (Wildman–Crippen LogP) is -0.812. The predicted molar refractivity (Wildman–Crippen MR) is 55.4 cm³/mol. The number of carbonyl (C=O) groups excluding carboxylic acids is 1. The van der Waals surface area contributed by atoms with Crippen molar-refractivity contribution in [3.05, 3.63) is 0 Å². The van der Waals surface area contributed by atoms with Crippen LogP contribution in [0.3, 0.4) is 0 Å². The first-order valence-corrected chi connectivity index (χ1v) is 4.11. The summed E-state index contributed by atoms with van der Waals surface area (Å²) in [5.41, 5.74) is 15.4. The molecule has 0 aliphatic rings. The van der Waals surface area contributed by atoms with Crippen molar-refractivity contribution in [3.63, 3.8) is 0 Å². The van der Waals surface area contributed by atoms with Crippen molar-refractivity contribution in [2.75, 3.05) is 23.8 Å². The molecule has 8 heteroatoms. The van der Waals surface area contributed by atoms with Crippen LogP contribution in [0, 0.1) is 0 Å². The van der Waals surface area contributed by atoms with Crippen molar-refractivity contribution in [3.8, 4) is 0 Å². The van der Waals surface area contributed by atoms with Gasteiger partial charge in [-0.05, 0) is 6.92 Å². The van der Waals surface area contributed by atoms with Crippen LogP contribution in [0.1, 0.15) is 13.8 Å². The van der Waals surface area contributed by atoms with Crippen LogP contribution in [-0.4, -0.2) is 27.5 Å². The molecule has 84 valence electrons. The van der Waals surface area contributed by atoms with Crippen LogP contribution < -0.4 is 17.2 Å². The van der Waals surface area contributed by atoms with Gasteiger partial charge in [0.15, 0.2) is 0 Å². The van der Waals surface area contributed by atoms with Crippen LogP contribution in [0.5, 0.6) is 0 Å². The highest BCUT2D eigenvalue weighted by Gasteiger charge is 1.93. The van der Waals surface area contributed by atoms with E-state index in [1.165, 1.54) is 6.92 Å². The second-order valence-corrected chi connectivity index (χ2v) is 2.33. The summed E-state index contributed by atoms with van der Waals surface area (Å²) >= 11 is 0. The Balaban J connectivity index is 0.000000288. The van der Waals surface area contributed by atoms with E-state index in [2.05, 4.69) is 19.7 Å². The van der Waals surface area contributed by atoms with Crippen molar-refractivity contribution < 1.29 is 9.53 Å². The number of hydrogen-bond acceptors (Lipinski definition) is 8. The van der Waals surface area contributed by atoms with Crippen molar-refractivity contribution in [1.29, 1.82) is 0 Å². The molecule has 0 atom stereocenters. The van der Waals surface area contributed by atoms with E-state index in [-0.39, 0.29) is 23.8 Å². The lowest BCUT2D eigenvalue weighted by Gasteiger charge is -1.93. The average molecular weight is 214 g/mol. The van der Waals surface area contributed by atoms with Crippen LogP contribution >= 0.6 is 0 Å². The van der Waals surface area contributed by atoms with E-state index in [9.17, 15) is 4.79 Å². The van der Waals surface area contributed by atoms with Gasteiger partial charge in [0.2, 0.25) is 17.8 Å². The smallest absolute Gasteiger partial charge is 0.302 e. The zero-order valence-corrected chi connectivity index (χ0v) is 8.60. The Labute approximate surface area is 86.9 Å². The summed E-state index contributed by atoms with van der Waals surface area (Å²) in [6.07, 6.45) is 0. The monoisotopic (exact) mass is 214 g/mol. The Bertz CT molecular complexity index is 279. The lowest BCUT2D eigenvalue weighted by molar-refractivity contribution is -0.140. The molecular weight excluding hydrogens is 200 g/mol. The van der Waals surface area contributed by atoms with Crippen molar-refractivity contribution in [2.24, 2.45) is 0 Å². The Morgan fingerprint density at radius 1 is 1.13 bits per heavy atom. The van der Waals surface area contributed by atoms with Gasteiger partial charge in [0.05, 0.1) is 6.61 Å². The van der Waals surface area contributed by atoms with Crippen LogP contribution in [0.15, 0.2) is 0 Å². The SMILES string of the molecule is CCOC(C)=O.Nc1nc(N)nc(N)n1. The summed E-state index contributed by atoms with van der Waals surface area (Å²) in [5.74, 6) is -0.0856. The standard InChI is InChI=1S/C4H8O2.C3H6N6/c1-3-6-4(2)5;4-1-7-2(5)9-3(6)8-1/h3H2,1-2H3;(H6,4,5,6,7,8,9). The third kappa shape index (κ3) is 6.99. The van der Waals surface area contributed by atoms with Gasteiger partial charge in [0, 0.05) is 6.92 Å². The second-order valence-electron chi connectivity index (χ2n) is 2.33. The zero-order chi connectivity index (χ0) is 11.8. The third-order valence-corrected chi connectivity index (χ3v) is 1.03. The maximum atomic E-state index is 9.82. The Kier molecular flexibility index (Phi) is 5.45. The largest absolute Gasteiger partial charge is 0.466 e. The Hall–Kier alpha value is -2.12. The number of aromatic nitrogens is 3. The molecule has 6 N–H and O–H groups in total. The quantitative estimate of drug-likeness (QED) is 0.515. The number of rotatable bonds is 1. The maximum Gasteiger partial charge on any atom is 0.302 e. The maximum absolute atomic E-state index is 9.82. The van der Waals surface area contributed by atoms with E-state index in [1.54, 1.807) is 6.92 Å². The molecule has 0 fully saturated rings. The molecular formula is C7H14N6O2. The van der Waals surface area contributed by atoms with E-state index >= 15 is 0 Å². The van der Waals surface area contributed by atoms with E-state index in [1.807, 2.05) is 0 Å². The number of nitrogen functional groups attached to an aromatic ring is 3. The van der Waals surface area contributed by atoms with Gasteiger partial charge < -0.3 is 21.9 Å². The third-order valence-electron chi connectivity index (χ3n) is 1.03. The Morgan fingerprint density at radius 3 is 1.60 bits per heavy atom. The fourth-order valence-electron chi connectivity index (χ4n) is 0.630. The molecule has 15 heavy (non-hydrogen) atoms. The average Bonchev–Trinajstić information content (AvgIpc) is 2.00. The molecule has 1 aromatic heterocycles. The number of carbonyl (C=O) groups is 1. The normalized spacial score (nSPS) is 8.67. The molecule has 0 aliphatic carbocycles. The molecule has 0 aliphatic heterocycles. The number of ether oxygens (including phenoxy) is 1. The van der Waals surface area contributed by atoms with Gasteiger partial charge in [0.1, 0.15) is 0 Å². The first-order chi connectivity index (χ1) is 6.95. The molecule has 0 unspecified atom stereocenters. The number of hydrogen-bond donors (Lipinski definition) is 3. The molecule has 0 saturated carbocycles. The zero-order valence-electron chi connectivity index (χ0n) is 8.60. The molecule has 0 radical (unpaired) electrons. The first kappa shape index (κ1) is 12.9. The van der Waals surface area contributed by atoms with Crippen LogP contribution in [0.25, 0.3) is 0 Å². The summed E-state index contributed by atoms with van der Waals surface area (Å²) in [5, 5.41) is 0. The topological polar surface area (TPSA) is 143 Å². The van der Waals surface area contributed by atoms with Crippen LogP contribution in [0.2, 0.25) is 0 Å². The molecule has 1 aromatic rings. The highest BCUT2D eigenvalue weighted by Crippen LogP contribution is 1.97. The van der Waals surface area contributed by atoms with Gasteiger partial charge in [-0.1, -0.05) is 0 Å². The molecule has 0 amide bonds. The summed E-state index contributed by atoms with van der Waals surface area (Å²) < 4.78 is 4.40. The number of anilines is 3. The van der Waals surface area contributed by atoms with E-state index < -0.39 is 0 Å². The highest BCUT2D eigenvalue weighted by atomic mass is 16.5. The number of esters is 1. The summed E-state index contributed by atoms with van der Waals surface area (Å²) in [7, 11) is 0. The lowest BCUT2D eigenvalue weighted by Crippen LogP contribution is -2.05. The van der Waals surface area contributed by atoms with E-state index in [0.29, 0.717) is 6.61 Å². The fourth-order valence-corrected chi connectivity index (χ4v) is 0.630. The fraction of sp³-hybridized carbons (Fsp3) is 0.429. The van der Waals surface area contributed by atoms with Gasteiger partial charge in [-0.15, -0.1) is 0 Å². The molecule has 0 saturated heterocycles. The lowest BCUT2D eigenvalue weighted by atomic mass is 10.8. The summed E-state index contributed by atoms with van der Waals surface area (Å²) in [6, 6.07) is 0. The summed E-state index contributed by atoms with van der Waals surface area (Å²) in [4.78, 5) is 20.3. The van der Waals surface area contributed by atoms with Crippen molar-refractivity contribution in [1.82, 2.24) is 15.0 Å². The highest BCUT2D eigenvalue weighted by molar-refractivity contribution is 5.65. The Morgan fingerprint density at radius 2 is 1.47 bits per heavy atom. The van der Waals surface area contributed by atoms with Crippen molar-refractivity contribution in [2.45, 2.75) is 13.8 Å². The number of nitrogens with two attached hydrogens (primary N) is 3. The van der Waals surface area contributed by atoms with Gasteiger partial charge in [-0.3, -0.25) is 4.79 Å².